The van der Waals surface area contributed by atoms with Crippen LogP contribution < -0.4 is 21.3 Å². The first kappa shape index (κ1) is 62.3. The fourth-order valence-corrected chi connectivity index (χ4v) is 8.12. The summed E-state index contributed by atoms with van der Waals surface area (Å²) in [4.78, 5) is 78.3. The molecule has 0 atom stereocenters. The standard InChI is InChI=1S/C15H14BrN3O.C15H14ClN3O.C15H14FN3O.C15H14IN3O/c4*1-3-10-9-17-15(16)19-14(10)11-6-5-7-12(8-11)18-13(20)4-2/h4*4-9H,2-3H2,1H3,(H,18,20). The number of hydrogen-bond donors (Lipinski definition) is 4. The lowest BCUT2D eigenvalue weighted by Crippen LogP contribution is -2.07. The van der Waals surface area contributed by atoms with Crippen LogP contribution in [0, 0.1) is 9.91 Å². The SMILES string of the molecule is C=CC(=O)Nc1cccc(-c2nc(Br)ncc2CC)c1.C=CC(=O)Nc1cccc(-c2nc(Cl)ncc2CC)c1.C=CC(=O)Nc1cccc(-c2nc(F)ncc2CC)c1.C=CC(=O)Nc1cccc(-c2nc(I)ncc2CC)c1. The highest BCUT2D eigenvalue weighted by Crippen LogP contribution is 2.29. The van der Waals surface area contributed by atoms with Crippen molar-refractivity contribution in [2.75, 3.05) is 21.3 Å². The first-order valence-corrected chi connectivity index (χ1v) is 27.0. The molecule has 0 bridgehead atoms. The number of nitrogens with zero attached hydrogens (tertiary/aromatic N) is 8. The molecular weight excluding hydrogens is 1210 g/mol. The van der Waals surface area contributed by atoms with Crippen LogP contribution in [0.25, 0.3) is 45.0 Å². The Bertz CT molecular complexity index is 3090. The van der Waals surface area contributed by atoms with E-state index in [2.05, 4.69) is 140 Å². The number of benzene rings is 4. The van der Waals surface area contributed by atoms with Crippen LogP contribution in [0.2, 0.25) is 5.28 Å². The number of aryl methyl sites for hydroxylation is 4. The van der Waals surface area contributed by atoms with Gasteiger partial charge in [-0.25, -0.2) is 39.9 Å². The topological polar surface area (TPSA) is 220 Å². The molecule has 4 aromatic carbocycles. The summed E-state index contributed by atoms with van der Waals surface area (Å²) in [5.74, 6) is -1.01. The molecule has 80 heavy (non-hydrogen) atoms. The van der Waals surface area contributed by atoms with E-state index in [0.717, 1.165) is 86.5 Å². The molecule has 8 rings (SSSR count). The predicted octanol–water partition coefficient (Wildman–Crippen LogP) is 13.5. The zero-order chi connectivity index (χ0) is 58.1. The average Bonchev–Trinajstić information content (AvgIpc) is 3.49. The van der Waals surface area contributed by atoms with Gasteiger partial charge >= 0.3 is 6.08 Å². The molecule has 0 saturated carbocycles. The van der Waals surface area contributed by atoms with Crippen molar-refractivity contribution >= 4 is 96.5 Å². The summed E-state index contributed by atoms with van der Waals surface area (Å²) in [6.45, 7) is 21.8. The maximum Gasteiger partial charge on any atom is 0.309 e. The Balaban J connectivity index is 0.000000196. The van der Waals surface area contributed by atoms with E-state index < -0.39 is 6.08 Å². The third-order valence-electron chi connectivity index (χ3n) is 11.2. The van der Waals surface area contributed by atoms with Crippen LogP contribution in [0.3, 0.4) is 0 Å². The summed E-state index contributed by atoms with van der Waals surface area (Å²) >= 11 is 11.2. The largest absolute Gasteiger partial charge is 0.323 e. The number of carbonyl (C=O) groups is 4. The first-order chi connectivity index (χ1) is 38.5. The predicted molar refractivity (Wildman–Crippen MR) is 328 cm³/mol. The molecule has 16 nitrogen and oxygen atoms in total. The molecule has 0 fully saturated rings. The zero-order valence-electron chi connectivity index (χ0n) is 44.2. The van der Waals surface area contributed by atoms with Gasteiger partial charge in [-0.2, -0.15) is 4.39 Å². The molecule has 0 unspecified atom stereocenters. The van der Waals surface area contributed by atoms with Gasteiger partial charge < -0.3 is 21.3 Å². The van der Waals surface area contributed by atoms with Crippen molar-refractivity contribution in [2.45, 2.75) is 53.4 Å². The van der Waals surface area contributed by atoms with E-state index in [9.17, 15) is 23.6 Å². The number of carbonyl (C=O) groups excluding carboxylic acids is 4. The first-order valence-electron chi connectivity index (χ1n) is 24.8. The molecule has 0 aliphatic rings. The molecule has 20 heteroatoms. The highest BCUT2D eigenvalue weighted by atomic mass is 127. The van der Waals surface area contributed by atoms with E-state index >= 15 is 0 Å². The van der Waals surface area contributed by atoms with Gasteiger partial charge in [0.2, 0.25) is 28.9 Å². The fraction of sp³-hybridized carbons (Fsp3) is 0.133. The van der Waals surface area contributed by atoms with Crippen molar-refractivity contribution in [1.82, 2.24) is 39.9 Å². The summed E-state index contributed by atoms with van der Waals surface area (Å²) < 4.78 is 14.5. The minimum absolute atomic E-state index is 0.206. The van der Waals surface area contributed by atoms with Crippen LogP contribution in [0.5, 0.6) is 0 Å². The van der Waals surface area contributed by atoms with Gasteiger partial charge in [-0.3, -0.25) is 19.2 Å². The summed E-state index contributed by atoms with van der Waals surface area (Å²) in [5, 5.41) is 11.1. The van der Waals surface area contributed by atoms with Crippen molar-refractivity contribution in [2.24, 2.45) is 0 Å². The molecule has 8 aromatic rings. The van der Waals surface area contributed by atoms with E-state index in [1.807, 2.05) is 92.8 Å². The smallest absolute Gasteiger partial charge is 0.309 e. The second-order valence-electron chi connectivity index (χ2n) is 16.6. The number of halogens is 4. The van der Waals surface area contributed by atoms with Crippen molar-refractivity contribution in [3.63, 3.8) is 0 Å². The van der Waals surface area contributed by atoms with Gasteiger partial charge in [0.05, 0.1) is 22.8 Å². The molecule has 4 aromatic heterocycles. The third-order valence-corrected chi connectivity index (χ3v) is 12.3. The van der Waals surface area contributed by atoms with Crippen molar-refractivity contribution in [1.29, 1.82) is 0 Å². The minimum Gasteiger partial charge on any atom is -0.323 e. The Morgan fingerprint density at radius 3 is 1.16 bits per heavy atom. The molecule has 408 valence electrons. The Morgan fingerprint density at radius 2 is 0.800 bits per heavy atom. The van der Waals surface area contributed by atoms with Crippen molar-refractivity contribution in [3.8, 4) is 45.0 Å². The molecule has 4 N–H and O–H groups in total. The molecule has 0 aliphatic heterocycles. The maximum atomic E-state index is 13.2. The molecule has 0 spiro atoms. The Hall–Kier alpha value is -8.53. The Kier molecular flexibility index (Phi) is 24.7. The second kappa shape index (κ2) is 31.8. The van der Waals surface area contributed by atoms with Crippen LogP contribution in [0.1, 0.15) is 49.9 Å². The van der Waals surface area contributed by atoms with Gasteiger partial charge in [-0.05, 0) is 148 Å². The molecule has 0 saturated heterocycles. The van der Waals surface area contributed by atoms with Crippen LogP contribution in [0.4, 0.5) is 27.1 Å². The van der Waals surface area contributed by atoms with Crippen LogP contribution in [-0.4, -0.2) is 63.5 Å². The highest BCUT2D eigenvalue weighted by molar-refractivity contribution is 14.1. The monoisotopic (exact) mass is 1270 g/mol. The van der Waals surface area contributed by atoms with Gasteiger partial charge in [0, 0.05) is 92.4 Å². The van der Waals surface area contributed by atoms with Crippen LogP contribution in [-0.2, 0) is 44.9 Å². The summed E-state index contributed by atoms with van der Waals surface area (Å²) in [6, 6.07) is 29.6. The van der Waals surface area contributed by atoms with Gasteiger partial charge in [0.1, 0.15) is 0 Å². The zero-order valence-corrected chi connectivity index (χ0v) is 48.7. The van der Waals surface area contributed by atoms with Crippen molar-refractivity contribution in [3.05, 3.63) is 215 Å². The van der Waals surface area contributed by atoms with E-state index in [4.69, 9.17) is 11.6 Å². The summed E-state index contributed by atoms with van der Waals surface area (Å²) in [7, 11) is 0. The van der Waals surface area contributed by atoms with Gasteiger partial charge in [-0.15, -0.1) is 0 Å². The summed E-state index contributed by atoms with van der Waals surface area (Å²) in [5.41, 5.74) is 13.3. The number of nitrogens with one attached hydrogen (secondary N) is 4. The Labute approximate surface area is 491 Å². The fourth-order valence-electron chi connectivity index (χ4n) is 7.33. The Morgan fingerprint density at radius 1 is 0.487 bits per heavy atom. The number of hydrogen-bond acceptors (Lipinski definition) is 12. The van der Waals surface area contributed by atoms with Gasteiger partial charge in [-0.1, -0.05) is 103 Å². The van der Waals surface area contributed by atoms with Gasteiger partial charge in [0.25, 0.3) is 0 Å². The minimum atomic E-state index is -0.766. The summed E-state index contributed by atoms with van der Waals surface area (Å²) in [6.07, 6.45) is 14.2. The average molecular weight is 1270 g/mol. The second-order valence-corrected chi connectivity index (χ2v) is 18.6. The number of amides is 4. The third kappa shape index (κ3) is 18.8. The number of aromatic nitrogens is 8. The number of anilines is 4. The van der Waals surface area contributed by atoms with E-state index in [-0.39, 0.29) is 28.9 Å². The molecule has 4 heterocycles. The molecule has 4 amide bonds. The lowest BCUT2D eigenvalue weighted by molar-refractivity contribution is -0.112. The van der Waals surface area contributed by atoms with Crippen LogP contribution in [0.15, 0.2) is 177 Å². The number of rotatable bonds is 16. The lowest BCUT2D eigenvalue weighted by Gasteiger charge is -2.09. The van der Waals surface area contributed by atoms with Crippen molar-refractivity contribution < 1.29 is 23.6 Å². The van der Waals surface area contributed by atoms with Gasteiger partial charge in [0.15, 0.2) is 8.56 Å². The maximum absolute atomic E-state index is 13.2. The normalized spacial score (nSPS) is 10.1. The lowest BCUT2D eigenvalue weighted by atomic mass is 10.0. The van der Waals surface area contributed by atoms with E-state index in [1.54, 1.807) is 36.7 Å². The molecule has 0 radical (unpaired) electrons. The quantitative estimate of drug-likeness (QED) is 0.0403. The van der Waals surface area contributed by atoms with E-state index in [0.29, 0.717) is 37.7 Å². The molecule has 0 aliphatic carbocycles. The molecular formula is C60H56BrClFIN12O4. The highest BCUT2D eigenvalue weighted by Gasteiger charge is 2.13. The van der Waals surface area contributed by atoms with E-state index in [1.165, 1.54) is 30.5 Å². The van der Waals surface area contributed by atoms with Crippen LogP contribution >= 0.6 is 50.1 Å².